The Bertz CT molecular complexity index is 165. The predicted octanol–water partition coefficient (Wildman–Crippen LogP) is 2.16. The summed E-state index contributed by atoms with van der Waals surface area (Å²) in [6.45, 7) is 0.984. The zero-order chi connectivity index (χ0) is 10.2. The van der Waals surface area contributed by atoms with Crippen LogP contribution in [0.1, 0.15) is 51.4 Å². The van der Waals surface area contributed by atoms with E-state index in [2.05, 4.69) is 5.32 Å². The van der Waals surface area contributed by atoms with Crippen molar-refractivity contribution in [2.45, 2.75) is 57.4 Å². The topological polar surface area (TPSA) is 49.3 Å². The van der Waals surface area contributed by atoms with Gasteiger partial charge in [0.25, 0.3) is 0 Å². The van der Waals surface area contributed by atoms with Crippen molar-refractivity contribution >= 4 is 5.97 Å². The number of hydrogen-bond acceptors (Lipinski definition) is 2. The monoisotopic (exact) mass is 199 g/mol. The van der Waals surface area contributed by atoms with Gasteiger partial charge in [0.1, 0.15) is 0 Å². The highest BCUT2D eigenvalue weighted by atomic mass is 16.4. The van der Waals surface area contributed by atoms with Crippen LogP contribution in [-0.2, 0) is 4.79 Å². The number of carboxylic acids is 1. The first-order chi connectivity index (χ1) is 6.79. The predicted molar refractivity (Wildman–Crippen MR) is 56.4 cm³/mol. The normalized spacial score (nSPS) is 18.3. The molecule has 1 fully saturated rings. The molecular weight excluding hydrogens is 178 g/mol. The quantitative estimate of drug-likeness (QED) is 0.644. The standard InChI is InChI=1S/C11H21NO2/c13-11(14)8-4-5-9-12-10-6-2-1-3-7-10/h10,12H,1-9H2,(H,13,14). The summed E-state index contributed by atoms with van der Waals surface area (Å²) in [4.78, 5) is 10.2. The van der Waals surface area contributed by atoms with E-state index in [-0.39, 0.29) is 0 Å². The van der Waals surface area contributed by atoms with Gasteiger partial charge in [0.05, 0.1) is 0 Å². The van der Waals surface area contributed by atoms with Gasteiger partial charge in [-0.2, -0.15) is 0 Å². The van der Waals surface area contributed by atoms with Gasteiger partial charge < -0.3 is 10.4 Å². The lowest BCUT2D eigenvalue weighted by atomic mass is 9.95. The number of nitrogens with one attached hydrogen (secondary N) is 1. The van der Waals surface area contributed by atoms with E-state index in [0.717, 1.165) is 19.4 Å². The summed E-state index contributed by atoms with van der Waals surface area (Å²) in [5.74, 6) is -0.678. The Labute approximate surface area is 85.9 Å². The second-order valence-electron chi connectivity index (χ2n) is 4.14. The Balaban J connectivity index is 1.90. The Kier molecular flexibility index (Phi) is 5.60. The molecule has 1 aliphatic rings. The average molecular weight is 199 g/mol. The molecule has 3 heteroatoms. The molecule has 0 aromatic rings. The second-order valence-corrected chi connectivity index (χ2v) is 4.14. The van der Waals surface area contributed by atoms with Crippen LogP contribution in [0.15, 0.2) is 0 Å². The molecule has 1 saturated carbocycles. The molecule has 0 amide bonds. The lowest BCUT2D eigenvalue weighted by Gasteiger charge is -2.22. The Hall–Kier alpha value is -0.570. The van der Waals surface area contributed by atoms with Gasteiger partial charge in [-0.3, -0.25) is 4.79 Å². The van der Waals surface area contributed by atoms with E-state index in [9.17, 15) is 4.79 Å². The zero-order valence-electron chi connectivity index (χ0n) is 8.80. The Morgan fingerprint density at radius 1 is 1.21 bits per heavy atom. The first-order valence-corrected chi connectivity index (χ1v) is 5.74. The largest absolute Gasteiger partial charge is 0.481 e. The third-order valence-corrected chi connectivity index (χ3v) is 2.86. The molecule has 0 aromatic heterocycles. The van der Waals surface area contributed by atoms with Crippen molar-refractivity contribution in [2.75, 3.05) is 6.54 Å². The van der Waals surface area contributed by atoms with Crippen LogP contribution < -0.4 is 5.32 Å². The van der Waals surface area contributed by atoms with E-state index < -0.39 is 5.97 Å². The summed E-state index contributed by atoms with van der Waals surface area (Å²) in [5.41, 5.74) is 0. The first kappa shape index (κ1) is 11.5. The average Bonchev–Trinajstić information content (AvgIpc) is 2.18. The van der Waals surface area contributed by atoms with Crippen molar-refractivity contribution in [3.05, 3.63) is 0 Å². The highest BCUT2D eigenvalue weighted by Crippen LogP contribution is 2.17. The summed E-state index contributed by atoms with van der Waals surface area (Å²) in [6, 6.07) is 0.702. The van der Waals surface area contributed by atoms with Crippen molar-refractivity contribution in [3.8, 4) is 0 Å². The SMILES string of the molecule is O=C(O)CCCCNC1CCCCC1. The van der Waals surface area contributed by atoms with Gasteiger partial charge in [0.15, 0.2) is 0 Å². The van der Waals surface area contributed by atoms with Crippen molar-refractivity contribution < 1.29 is 9.90 Å². The van der Waals surface area contributed by atoms with E-state index in [0.29, 0.717) is 12.5 Å². The third-order valence-electron chi connectivity index (χ3n) is 2.86. The summed E-state index contributed by atoms with van der Waals surface area (Å²) in [7, 11) is 0. The number of aliphatic carboxylic acids is 1. The maximum absolute atomic E-state index is 10.2. The van der Waals surface area contributed by atoms with Crippen molar-refractivity contribution in [1.29, 1.82) is 0 Å². The molecule has 0 saturated heterocycles. The molecule has 1 rings (SSSR count). The maximum atomic E-state index is 10.2. The molecule has 0 aromatic carbocycles. The van der Waals surface area contributed by atoms with Crippen molar-refractivity contribution in [3.63, 3.8) is 0 Å². The van der Waals surface area contributed by atoms with E-state index >= 15 is 0 Å². The van der Waals surface area contributed by atoms with Crippen LogP contribution >= 0.6 is 0 Å². The molecule has 0 heterocycles. The van der Waals surface area contributed by atoms with Gasteiger partial charge in [-0.25, -0.2) is 0 Å². The number of hydrogen-bond donors (Lipinski definition) is 2. The minimum atomic E-state index is -0.678. The number of rotatable bonds is 6. The van der Waals surface area contributed by atoms with Gasteiger partial charge in [-0.05, 0) is 32.2 Å². The van der Waals surface area contributed by atoms with Crippen molar-refractivity contribution in [2.24, 2.45) is 0 Å². The van der Waals surface area contributed by atoms with Gasteiger partial charge in [-0.15, -0.1) is 0 Å². The summed E-state index contributed by atoms with van der Waals surface area (Å²) >= 11 is 0. The second kappa shape index (κ2) is 6.82. The highest BCUT2D eigenvalue weighted by molar-refractivity contribution is 5.66. The van der Waals surface area contributed by atoms with Crippen LogP contribution in [0, 0.1) is 0 Å². The minimum absolute atomic E-state index is 0.312. The lowest BCUT2D eigenvalue weighted by Crippen LogP contribution is -2.31. The molecule has 0 bridgehead atoms. The van der Waals surface area contributed by atoms with Gasteiger partial charge in [0.2, 0.25) is 0 Å². The molecule has 3 nitrogen and oxygen atoms in total. The summed E-state index contributed by atoms with van der Waals surface area (Å²) in [6.07, 6.45) is 8.80. The fourth-order valence-corrected chi connectivity index (χ4v) is 2.01. The molecular formula is C11H21NO2. The first-order valence-electron chi connectivity index (χ1n) is 5.74. The van der Waals surface area contributed by atoms with E-state index in [1.165, 1.54) is 32.1 Å². The molecule has 0 unspecified atom stereocenters. The molecule has 1 aliphatic carbocycles. The molecule has 82 valence electrons. The zero-order valence-corrected chi connectivity index (χ0v) is 8.80. The maximum Gasteiger partial charge on any atom is 0.303 e. The molecule has 2 N–H and O–H groups in total. The molecule has 0 spiro atoms. The van der Waals surface area contributed by atoms with Crippen LogP contribution in [0.25, 0.3) is 0 Å². The summed E-state index contributed by atoms with van der Waals surface area (Å²) in [5, 5.41) is 11.9. The molecule has 0 atom stereocenters. The smallest absolute Gasteiger partial charge is 0.303 e. The number of carbonyl (C=O) groups is 1. The van der Waals surface area contributed by atoms with Gasteiger partial charge in [-0.1, -0.05) is 19.3 Å². The Morgan fingerprint density at radius 2 is 1.93 bits per heavy atom. The minimum Gasteiger partial charge on any atom is -0.481 e. The Morgan fingerprint density at radius 3 is 2.57 bits per heavy atom. The highest BCUT2D eigenvalue weighted by Gasteiger charge is 2.11. The third kappa shape index (κ3) is 5.22. The van der Waals surface area contributed by atoms with E-state index in [1.807, 2.05) is 0 Å². The molecule has 0 radical (unpaired) electrons. The van der Waals surface area contributed by atoms with Crippen LogP contribution in [0.4, 0.5) is 0 Å². The van der Waals surface area contributed by atoms with Gasteiger partial charge in [0, 0.05) is 12.5 Å². The van der Waals surface area contributed by atoms with Crippen LogP contribution in [0.2, 0.25) is 0 Å². The molecule has 14 heavy (non-hydrogen) atoms. The van der Waals surface area contributed by atoms with Crippen molar-refractivity contribution in [1.82, 2.24) is 5.32 Å². The molecule has 0 aliphatic heterocycles. The number of carboxylic acid groups (broad SMARTS) is 1. The van der Waals surface area contributed by atoms with Gasteiger partial charge >= 0.3 is 5.97 Å². The number of unbranched alkanes of at least 4 members (excludes halogenated alkanes) is 1. The lowest BCUT2D eigenvalue weighted by molar-refractivity contribution is -0.137. The van der Waals surface area contributed by atoms with Crippen LogP contribution in [0.3, 0.4) is 0 Å². The van der Waals surface area contributed by atoms with Crippen LogP contribution in [0.5, 0.6) is 0 Å². The summed E-state index contributed by atoms with van der Waals surface area (Å²) < 4.78 is 0. The van der Waals surface area contributed by atoms with Crippen LogP contribution in [-0.4, -0.2) is 23.7 Å². The fourth-order valence-electron chi connectivity index (χ4n) is 2.01. The van der Waals surface area contributed by atoms with E-state index in [1.54, 1.807) is 0 Å². The van der Waals surface area contributed by atoms with E-state index in [4.69, 9.17) is 5.11 Å². The fraction of sp³-hybridized carbons (Fsp3) is 0.909.